The summed E-state index contributed by atoms with van der Waals surface area (Å²) < 4.78 is 6.02. The van der Waals surface area contributed by atoms with Crippen molar-refractivity contribution in [2.24, 2.45) is 0 Å². The molecule has 0 radical (unpaired) electrons. The average molecular weight is 543 g/mol. The van der Waals surface area contributed by atoms with Crippen LogP contribution in [0.2, 0.25) is 5.02 Å². The maximum absolute atomic E-state index is 13.4. The molecular formula is C24H23ClN6O3S2. The van der Waals surface area contributed by atoms with Gasteiger partial charge in [-0.2, -0.15) is 5.26 Å². The van der Waals surface area contributed by atoms with Crippen LogP contribution in [0.15, 0.2) is 36.4 Å². The third-order valence-corrected chi connectivity index (χ3v) is 7.24. The lowest BCUT2D eigenvalue weighted by Gasteiger charge is -2.29. The molecule has 3 aromatic rings. The Labute approximate surface area is 222 Å². The van der Waals surface area contributed by atoms with Gasteiger partial charge in [-0.25, -0.2) is 9.78 Å². The van der Waals surface area contributed by atoms with Crippen molar-refractivity contribution in [1.29, 1.82) is 5.26 Å². The standard InChI is InChI=1S/C24H23ClN6O3S2/c1-24(2)20(32)30(15-6-5-14(13-26)17(25)11-15)23(35)31(24)16-7-8-19-18(12-16)27-21(36-19)28-22(33)34-10-9-29(3)4/h5-8,11-12H,9-10H2,1-4H3,(H,27,28,33). The van der Waals surface area contributed by atoms with E-state index in [0.29, 0.717) is 34.1 Å². The van der Waals surface area contributed by atoms with E-state index in [4.69, 9.17) is 33.8 Å². The summed E-state index contributed by atoms with van der Waals surface area (Å²) in [5.74, 6) is -0.227. The third kappa shape index (κ3) is 4.85. The van der Waals surface area contributed by atoms with Crippen molar-refractivity contribution < 1.29 is 14.3 Å². The van der Waals surface area contributed by atoms with E-state index in [9.17, 15) is 9.59 Å². The van der Waals surface area contributed by atoms with Crippen LogP contribution in [0.4, 0.5) is 21.3 Å². The van der Waals surface area contributed by atoms with Gasteiger partial charge in [0, 0.05) is 12.2 Å². The maximum Gasteiger partial charge on any atom is 0.413 e. The Balaban J connectivity index is 1.59. The second kappa shape index (κ2) is 9.99. The first-order valence-electron chi connectivity index (χ1n) is 10.9. The molecule has 0 unspecified atom stereocenters. The van der Waals surface area contributed by atoms with Crippen LogP contribution in [0.25, 0.3) is 10.2 Å². The molecule has 4 rings (SSSR count). The first-order valence-corrected chi connectivity index (χ1v) is 12.5. The van der Waals surface area contributed by atoms with Gasteiger partial charge >= 0.3 is 6.09 Å². The number of likely N-dealkylation sites (N-methyl/N-ethyl adjacent to an activating group) is 1. The number of hydrogen-bond acceptors (Lipinski definition) is 8. The van der Waals surface area contributed by atoms with E-state index in [1.54, 1.807) is 36.9 Å². The predicted octanol–water partition coefficient (Wildman–Crippen LogP) is 4.85. The summed E-state index contributed by atoms with van der Waals surface area (Å²) in [4.78, 5) is 35.1. The number of fused-ring (bicyclic) bond motifs is 1. The monoisotopic (exact) mass is 542 g/mol. The van der Waals surface area contributed by atoms with Crippen LogP contribution in [0, 0.1) is 11.3 Å². The number of anilines is 3. The van der Waals surface area contributed by atoms with Crippen LogP contribution in [0.5, 0.6) is 0 Å². The fourth-order valence-electron chi connectivity index (χ4n) is 3.74. The van der Waals surface area contributed by atoms with E-state index in [1.165, 1.54) is 16.2 Å². The zero-order valence-corrected chi connectivity index (χ0v) is 22.4. The number of amides is 2. The first kappa shape index (κ1) is 25.8. The summed E-state index contributed by atoms with van der Waals surface area (Å²) in [5, 5.41) is 12.8. The SMILES string of the molecule is CN(C)CCOC(=O)Nc1nc2cc(N3C(=S)N(c4ccc(C#N)c(Cl)c4)C(=O)C3(C)C)ccc2s1. The summed E-state index contributed by atoms with van der Waals surface area (Å²) in [7, 11) is 3.79. The van der Waals surface area contributed by atoms with Crippen LogP contribution < -0.4 is 15.1 Å². The fourth-order valence-corrected chi connectivity index (χ4v) is 5.31. The normalized spacial score (nSPS) is 15.0. The Morgan fingerprint density at radius 2 is 2.00 bits per heavy atom. The average Bonchev–Trinajstić information content (AvgIpc) is 3.27. The number of aromatic nitrogens is 1. The van der Waals surface area contributed by atoms with Crippen molar-refractivity contribution in [2.75, 3.05) is 42.4 Å². The predicted molar refractivity (Wildman–Crippen MR) is 146 cm³/mol. The van der Waals surface area contributed by atoms with Crippen LogP contribution >= 0.6 is 35.2 Å². The molecule has 0 atom stereocenters. The number of nitrogens with zero attached hydrogens (tertiary/aromatic N) is 5. The smallest absolute Gasteiger partial charge is 0.413 e. The van der Waals surface area contributed by atoms with Crippen molar-refractivity contribution in [2.45, 2.75) is 19.4 Å². The lowest BCUT2D eigenvalue weighted by atomic mass is 10.0. The molecule has 2 aromatic carbocycles. The molecular weight excluding hydrogens is 520 g/mol. The molecule has 1 fully saturated rings. The zero-order chi connectivity index (χ0) is 26.2. The number of nitriles is 1. The van der Waals surface area contributed by atoms with Crippen molar-refractivity contribution in [3.63, 3.8) is 0 Å². The van der Waals surface area contributed by atoms with Gasteiger partial charge in [0.15, 0.2) is 10.2 Å². The molecule has 186 valence electrons. The summed E-state index contributed by atoms with van der Waals surface area (Å²) in [6.45, 7) is 4.46. The minimum absolute atomic E-state index is 0.227. The molecule has 0 spiro atoms. The molecule has 1 N–H and O–H groups in total. The van der Waals surface area contributed by atoms with Crippen LogP contribution in [0.3, 0.4) is 0 Å². The van der Waals surface area contributed by atoms with Crippen LogP contribution in [-0.4, -0.2) is 59.8 Å². The maximum atomic E-state index is 13.4. The number of benzene rings is 2. The zero-order valence-electron chi connectivity index (χ0n) is 20.0. The van der Waals surface area contributed by atoms with E-state index in [2.05, 4.69) is 10.3 Å². The molecule has 1 saturated heterocycles. The van der Waals surface area contributed by atoms with Gasteiger partial charge in [-0.3, -0.25) is 15.0 Å². The Bertz CT molecular complexity index is 1410. The third-order valence-electron chi connectivity index (χ3n) is 5.61. The first-order chi connectivity index (χ1) is 17.0. The second-order valence-corrected chi connectivity index (χ2v) is 10.6. The molecule has 0 saturated carbocycles. The van der Waals surface area contributed by atoms with Gasteiger partial charge in [0.2, 0.25) is 0 Å². The minimum Gasteiger partial charge on any atom is -0.448 e. The number of halogens is 1. The number of ether oxygens (including phenoxy) is 1. The molecule has 1 aliphatic heterocycles. The van der Waals surface area contributed by atoms with Gasteiger partial charge in [-0.15, -0.1) is 0 Å². The van der Waals surface area contributed by atoms with Gasteiger partial charge in [0.05, 0.1) is 26.5 Å². The summed E-state index contributed by atoms with van der Waals surface area (Å²) in [6, 6.07) is 12.3. The van der Waals surface area contributed by atoms with Gasteiger partial charge in [-0.05, 0) is 76.6 Å². The number of carbonyl (C=O) groups is 2. The molecule has 0 bridgehead atoms. The number of carbonyl (C=O) groups excluding carboxylic acids is 2. The number of rotatable bonds is 6. The molecule has 1 aliphatic rings. The number of thiazole rings is 1. The van der Waals surface area contributed by atoms with E-state index in [1.807, 2.05) is 43.3 Å². The summed E-state index contributed by atoms with van der Waals surface area (Å²) in [6.07, 6.45) is -0.569. The lowest BCUT2D eigenvalue weighted by molar-refractivity contribution is -0.120. The van der Waals surface area contributed by atoms with Crippen molar-refractivity contribution in [3.05, 3.63) is 47.0 Å². The molecule has 36 heavy (non-hydrogen) atoms. The largest absolute Gasteiger partial charge is 0.448 e. The quantitative estimate of drug-likeness (QED) is 0.441. The summed E-state index contributed by atoms with van der Waals surface area (Å²) in [5.41, 5.74) is 1.14. The van der Waals surface area contributed by atoms with Crippen molar-refractivity contribution in [3.8, 4) is 6.07 Å². The van der Waals surface area contributed by atoms with Crippen LogP contribution in [0.1, 0.15) is 19.4 Å². The highest BCUT2D eigenvalue weighted by Gasteiger charge is 2.50. The minimum atomic E-state index is -0.988. The van der Waals surface area contributed by atoms with Crippen molar-refractivity contribution >= 4 is 79.0 Å². The number of nitrogens with one attached hydrogen (secondary N) is 1. The molecule has 1 aromatic heterocycles. The Hall–Kier alpha value is -3.30. The fraction of sp³-hybridized carbons (Fsp3) is 0.292. The van der Waals surface area contributed by atoms with Gasteiger partial charge < -0.3 is 14.5 Å². The Kier molecular flexibility index (Phi) is 7.15. The van der Waals surface area contributed by atoms with Gasteiger partial charge in [0.1, 0.15) is 18.2 Å². The molecule has 12 heteroatoms. The van der Waals surface area contributed by atoms with E-state index in [-0.39, 0.29) is 22.6 Å². The van der Waals surface area contributed by atoms with E-state index >= 15 is 0 Å². The Morgan fingerprint density at radius 1 is 1.28 bits per heavy atom. The molecule has 2 amide bonds. The van der Waals surface area contributed by atoms with E-state index < -0.39 is 11.6 Å². The van der Waals surface area contributed by atoms with Crippen molar-refractivity contribution in [1.82, 2.24) is 9.88 Å². The molecule has 2 heterocycles. The van der Waals surface area contributed by atoms with E-state index in [0.717, 1.165) is 4.70 Å². The Morgan fingerprint density at radius 3 is 2.67 bits per heavy atom. The molecule has 9 nitrogen and oxygen atoms in total. The summed E-state index contributed by atoms with van der Waals surface area (Å²) >= 11 is 13.3. The highest BCUT2D eigenvalue weighted by atomic mass is 35.5. The number of hydrogen-bond donors (Lipinski definition) is 1. The highest BCUT2D eigenvalue weighted by molar-refractivity contribution is 7.81. The topological polar surface area (TPSA) is 102 Å². The lowest BCUT2D eigenvalue weighted by Crippen LogP contribution is -2.44. The van der Waals surface area contributed by atoms with Gasteiger partial charge in [-0.1, -0.05) is 22.9 Å². The number of thiocarbonyl (C=S) groups is 1. The second-order valence-electron chi connectivity index (χ2n) is 8.83. The molecule has 0 aliphatic carbocycles. The van der Waals surface area contributed by atoms with Crippen LogP contribution in [-0.2, 0) is 9.53 Å². The highest BCUT2D eigenvalue weighted by Crippen LogP contribution is 2.39. The van der Waals surface area contributed by atoms with Gasteiger partial charge in [0.25, 0.3) is 5.91 Å².